The molecule has 1 heterocycles. The second-order valence-electron chi connectivity index (χ2n) is 9.24. The lowest BCUT2D eigenvalue weighted by Gasteiger charge is -2.24. The van der Waals surface area contributed by atoms with E-state index in [1.54, 1.807) is 12.1 Å². The highest BCUT2D eigenvalue weighted by atomic mass is 19.1. The van der Waals surface area contributed by atoms with Crippen molar-refractivity contribution in [2.45, 2.75) is 32.9 Å². The number of halogens is 2. The Labute approximate surface area is 225 Å². The van der Waals surface area contributed by atoms with E-state index in [4.69, 9.17) is 15.2 Å². The zero-order valence-electron chi connectivity index (χ0n) is 22.5. The molecule has 0 aliphatic heterocycles. The maximum absolute atomic E-state index is 15.7. The summed E-state index contributed by atoms with van der Waals surface area (Å²) in [4.78, 5) is 30.0. The minimum absolute atomic E-state index is 0.00257. The number of carboxylic acids is 1. The van der Waals surface area contributed by atoms with Crippen LogP contribution < -0.4 is 20.1 Å². The quantitative estimate of drug-likeness (QED) is 0.367. The summed E-state index contributed by atoms with van der Waals surface area (Å²) in [5.41, 5.74) is 8.47. The van der Waals surface area contributed by atoms with Crippen LogP contribution in [0.2, 0.25) is 0 Å². The van der Waals surface area contributed by atoms with Gasteiger partial charge >= 0.3 is 5.97 Å². The van der Waals surface area contributed by atoms with E-state index in [0.717, 1.165) is 27.2 Å². The summed E-state index contributed by atoms with van der Waals surface area (Å²) in [6.45, 7) is 3.36. The number of carbonyl (C=O) groups is 2. The number of nitrogens with two attached hydrogens (primary N) is 1. The Morgan fingerprint density at radius 1 is 1.05 bits per heavy atom. The Hall–Kier alpha value is -4.25. The summed E-state index contributed by atoms with van der Waals surface area (Å²) >= 11 is 0. The van der Waals surface area contributed by atoms with Gasteiger partial charge in [-0.1, -0.05) is 31.2 Å². The molecule has 208 valence electrons. The van der Waals surface area contributed by atoms with Crippen molar-refractivity contribution in [3.05, 3.63) is 65.2 Å². The van der Waals surface area contributed by atoms with Gasteiger partial charge in [-0.25, -0.2) is 4.79 Å². The Morgan fingerprint density at radius 3 is 2.36 bits per heavy atom. The predicted octanol–water partition coefficient (Wildman–Crippen LogP) is 4.35. The first-order valence-electron chi connectivity index (χ1n) is 12.2. The van der Waals surface area contributed by atoms with Gasteiger partial charge in [-0.3, -0.25) is 4.79 Å². The van der Waals surface area contributed by atoms with E-state index in [1.807, 2.05) is 37.3 Å². The third-order valence-electron chi connectivity index (χ3n) is 5.91. The van der Waals surface area contributed by atoms with Crippen molar-refractivity contribution in [3.8, 4) is 28.6 Å². The molecule has 2 aromatic carbocycles. The average molecular weight is 543 g/mol. The van der Waals surface area contributed by atoms with Crippen LogP contribution in [0.4, 0.5) is 14.5 Å². The fourth-order valence-electron chi connectivity index (χ4n) is 3.80. The number of carboxylic acid groups (broad SMARTS) is 1. The van der Waals surface area contributed by atoms with Gasteiger partial charge in [-0.2, -0.15) is 13.8 Å². The summed E-state index contributed by atoms with van der Waals surface area (Å²) in [6.07, 6.45) is -1.44. The van der Waals surface area contributed by atoms with E-state index in [-0.39, 0.29) is 18.7 Å². The third-order valence-corrected chi connectivity index (χ3v) is 5.91. The number of hydrogen-bond acceptors (Lipinski definition) is 7. The topological polar surface area (TPSA) is 118 Å². The van der Waals surface area contributed by atoms with Crippen LogP contribution in [0.25, 0.3) is 11.1 Å². The molecule has 9 nitrogen and oxygen atoms in total. The zero-order chi connectivity index (χ0) is 28.9. The van der Waals surface area contributed by atoms with Gasteiger partial charge in [0.05, 0.1) is 6.54 Å². The molecule has 0 saturated carbocycles. The highest BCUT2D eigenvalue weighted by Gasteiger charge is 2.29. The molecule has 0 spiro atoms. The first-order valence-corrected chi connectivity index (χ1v) is 12.2. The minimum Gasteiger partial charge on any atom is -0.479 e. The summed E-state index contributed by atoms with van der Waals surface area (Å²) in [5, 5.41) is 9.40. The molecular weight excluding hydrogens is 510 g/mol. The molecule has 0 aliphatic rings. The Kier molecular flexibility index (Phi) is 9.42. The van der Waals surface area contributed by atoms with Crippen molar-refractivity contribution in [2.24, 2.45) is 5.73 Å². The van der Waals surface area contributed by atoms with E-state index < -0.39 is 47.1 Å². The van der Waals surface area contributed by atoms with Gasteiger partial charge in [-0.15, -0.1) is 0 Å². The van der Waals surface area contributed by atoms with Crippen LogP contribution in [0.15, 0.2) is 42.5 Å². The molecule has 0 saturated heterocycles. The number of benzene rings is 2. The number of anilines is 1. The van der Waals surface area contributed by atoms with Crippen molar-refractivity contribution in [1.82, 2.24) is 9.88 Å². The molecule has 11 heteroatoms. The van der Waals surface area contributed by atoms with Gasteiger partial charge in [0.15, 0.2) is 6.10 Å². The van der Waals surface area contributed by atoms with Crippen molar-refractivity contribution in [1.29, 1.82) is 0 Å². The van der Waals surface area contributed by atoms with Gasteiger partial charge in [-0.05, 0) is 53.8 Å². The molecule has 1 atom stereocenters. The maximum Gasteiger partial charge on any atom is 0.344 e. The predicted molar refractivity (Wildman–Crippen MR) is 143 cm³/mol. The zero-order valence-corrected chi connectivity index (χ0v) is 22.5. The molecule has 0 aliphatic carbocycles. The van der Waals surface area contributed by atoms with Gasteiger partial charge in [0, 0.05) is 27.7 Å². The van der Waals surface area contributed by atoms with Crippen molar-refractivity contribution < 1.29 is 33.0 Å². The molecular formula is C28H32F2N4O5. The van der Waals surface area contributed by atoms with Gasteiger partial charge < -0.3 is 30.1 Å². The number of pyridine rings is 1. The van der Waals surface area contributed by atoms with Gasteiger partial charge in [0.25, 0.3) is 11.8 Å². The number of rotatable bonds is 11. The number of carbonyl (C=O) groups excluding carboxylic acids is 1. The lowest BCUT2D eigenvalue weighted by Crippen LogP contribution is -2.35. The second kappa shape index (κ2) is 12.5. The molecule has 0 fully saturated rings. The van der Waals surface area contributed by atoms with Crippen molar-refractivity contribution in [3.63, 3.8) is 0 Å². The summed E-state index contributed by atoms with van der Waals surface area (Å²) in [5.74, 6) is -5.39. The van der Waals surface area contributed by atoms with Crippen LogP contribution in [0.1, 0.15) is 24.5 Å². The molecule has 3 aromatic rings. The number of likely N-dealkylation sites (N-methyl/N-ethyl adjacent to an activating group) is 2. The standard InChI is InChI=1S/C28H32F2N4O5/c1-6-21(28(36)37)39-27-24(30)25(34(5)15-22(35)33(3)4)23(29)26(32-27)38-20-11-16(2)10-19(13-20)18-9-7-8-17(12-18)14-31/h7-13,21H,6,14-15,31H2,1-5H3,(H,36,37). The number of amides is 1. The monoisotopic (exact) mass is 542 g/mol. The number of nitrogens with zero attached hydrogens (tertiary/aromatic N) is 3. The average Bonchev–Trinajstić information content (AvgIpc) is 2.89. The SMILES string of the molecule is CCC(Oc1nc(Oc2cc(C)cc(-c3cccc(CN)c3)c2)c(F)c(N(C)CC(=O)N(C)C)c1F)C(=O)O. The van der Waals surface area contributed by atoms with Crippen LogP contribution in [0, 0.1) is 18.6 Å². The molecule has 0 bridgehead atoms. The minimum atomic E-state index is -1.44. The fraction of sp³-hybridized carbons (Fsp3) is 0.321. The number of hydrogen-bond donors (Lipinski definition) is 2. The molecule has 1 aromatic heterocycles. The summed E-state index contributed by atoms with van der Waals surface area (Å²) in [7, 11) is 4.34. The van der Waals surface area contributed by atoms with Gasteiger partial charge in [0.1, 0.15) is 11.4 Å². The molecule has 3 N–H and O–H groups in total. The van der Waals surface area contributed by atoms with Gasteiger partial charge in [0.2, 0.25) is 17.5 Å². The molecule has 1 amide bonds. The fourth-order valence-corrected chi connectivity index (χ4v) is 3.80. The summed E-state index contributed by atoms with van der Waals surface area (Å²) in [6, 6.07) is 12.8. The largest absolute Gasteiger partial charge is 0.479 e. The number of aryl methyl sites for hydroxylation is 1. The van der Waals surface area contributed by atoms with Crippen LogP contribution in [0.3, 0.4) is 0 Å². The van der Waals surface area contributed by atoms with E-state index in [0.29, 0.717) is 6.54 Å². The Bertz CT molecular complexity index is 1370. The Morgan fingerprint density at radius 2 is 1.74 bits per heavy atom. The summed E-state index contributed by atoms with van der Waals surface area (Å²) < 4.78 is 42.3. The second-order valence-corrected chi connectivity index (χ2v) is 9.24. The highest BCUT2D eigenvalue weighted by molar-refractivity contribution is 5.81. The molecule has 39 heavy (non-hydrogen) atoms. The van der Waals surface area contributed by atoms with Crippen LogP contribution in [-0.4, -0.2) is 60.7 Å². The Balaban J connectivity index is 2.10. The lowest BCUT2D eigenvalue weighted by molar-refractivity contribution is -0.145. The van der Waals surface area contributed by atoms with Crippen LogP contribution in [-0.2, 0) is 16.1 Å². The van der Waals surface area contributed by atoms with E-state index in [1.165, 1.54) is 33.0 Å². The number of aliphatic carboxylic acids is 1. The normalized spacial score (nSPS) is 11.6. The van der Waals surface area contributed by atoms with E-state index in [2.05, 4.69) is 4.98 Å². The molecule has 1 unspecified atom stereocenters. The maximum atomic E-state index is 15.7. The first-order chi connectivity index (χ1) is 18.4. The lowest BCUT2D eigenvalue weighted by atomic mass is 10.0. The number of aromatic nitrogens is 1. The van der Waals surface area contributed by atoms with E-state index >= 15 is 8.78 Å². The van der Waals surface area contributed by atoms with Crippen molar-refractivity contribution in [2.75, 3.05) is 32.6 Å². The number of ether oxygens (including phenoxy) is 2. The molecule has 0 radical (unpaired) electrons. The van der Waals surface area contributed by atoms with Crippen LogP contribution >= 0.6 is 0 Å². The van der Waals surface area contributed by atoms with Crippen molar-refractivity contribution >= 4 is 17.6 Å². The van der Waals surface area contributed by atoms with Crippen LogP contribution in [0.5, 0.6) is 17.5 Å². The third kappa shape index (κ3) is 6.99. The molecule has 3 rings (SSSR count). The highest BCUT2D eigenvalue weighted by Crippen LogP contribution is 2.37. The first kappa shape index (κ1) is 29.3. The smallest absolute Gasteiger partial charge is 0.344 e. The van der Waals surface area contributed by atoms with E-state index in [9.17, 15) is 14.7 Å².